The molecule has 0 aliphatic carbocycles. The van der Waals surface area contributed by atoms with Crippen LogP contribution in [0.2, 0.25) is 0 Å². The molecule has 0 spiro atoms. The maximum absolute atomic E-state index is 13.1. The zero-order chi connectivity index (χ0) is 26.6. The molecule has 0 saturated heterocycles. The van der Waals surface area contributed by atoms with Crippen molar-refractivity contribution >= 4 is 25.4 Å². The Kier molecular flexibility index (Phi) is 11.4. The molecule has 0 heterocycles. The maximum atomic E-state index is 13.1. The maximum Gasteiger partial charge on any atom is 0.340 e. The van der Waals surface area contributed by atoms with E-state index in [1.165, 1.54) is 38.5 Å². The van der Waals surface area contributed by atoms with Gasteiger partial charge in [-0.05, 0) is 55.0 Å². The number of methoxy groups -OCH3 is 2. The Morgan fingerprint density at radius 2 is 1.22 bits per heavy atom. The van der Waals surface area contributed by atoms with E-state index in [4.69, 9.17) is 33.2 Å². The number of amides is 1. The quantitative estimate of drug-likeness (QED) is 0.127. The highest BCUT2D eigenvalue weighted by atomic mass is 31.2. The third-order valence-electron chi connectivity index (χ3n) is 4.71. The Morgan fingerprint density at radius 3 is 1.58 bits per heavy atom. The zero-order valence-corrected chi connectivity index (χ0v) is 21.0. The normalized spacial score (nSPS) is 10.9. The van der Waals surface area contributed by atoms with Crippen LogP contribution in [0.5, 0.6) is 11.5 Å². The van der Waals surface area contributed by atoms with Gasteiger partial charge in [0.25, 0.3) is 0 Å². The van der Waals surface area contributed by atoms with E-state index in [1.54, 1.807) is 24.3 Å². The van der Waals surface area contributed by atoms with E-state index in [0.29, 0.717) is 16.6 Å². The molecule has 0 saturated carbocycles. The van der Waals surface area contributed by atoms with Crippen LogP contribution in [0.1, 0.15) is 33.6 Å². The number of hydroxylamine groups is 2. The number of esters is 2. The Labute approximate surface area is 208 Å². The first-order valence-corrected chi connectivity index (χ1v) is 12.4. The van der Waals surface area contributed by atoms with Crippen molar-refractivity contribution in [1.29, 1.82) is 0 Å². The second-order valence-corrected chi connectivity index (χ2v) is 9.36. The average Bonchev–Trinajstić information content (AvgIpc) is 2.88. The highest BCUT2D eigenvalue weighted by molar-refractivity contribution is 7.53. The van der Waals surface area contributed by atoms with E-state index in [9.17, 15) is 18.9 Å². The third kappa shape index (κ3) is 9.31. The monoisotopic (exact) mass is 525 g/mol. The molecule has 0 atom stereocenters. The van der Waals surface area contributed by atoms with Crippen molar-refractivity contribution in [3.63, 3.8) is 0 Å². The predicted octanol–water partition coefficient (Wildman–Crippen LogP) is 3.49. The molecule has 0 bridgehead atoms. The van der Waals surface area contributed by atoms with Crippen LogP contribution in [0, 0.1) is 0 Å². The summed E-state index contributed by atoms with van der Waals surface area (Å²) in [4.78, 5) is 36.0. The number of hydrogen-bond donors (Lipinski definition) is 1. The van der Waals surface area contributed by atoms with E-state index in [-0.39, 0.29) is 30.1 Å². The first-order chi connectivity index (χ1) is 17.2. The molecule has 0 aromatic heterocycles. The van der Waals surface area contributed by atoms with Crippen LogP contribution in [-0.2, 0) is 27.9 Å². The lowest BCUT2D eigenvalue weighted by Gasteiger charge is -2.18. The van der Waals surface area contributed by atoms with Crippen molar-refractivity contribution in [3.8, 4) is 11.5 Å². The molecule has 1 amide bonds. The number of benzene rings is 2. The Bertz CT molecular complexity index is 985. The summed E-state index contributed by atoms with van der Waals surface area (Å²) in [5, 5.41) is 9.56. The molecule has 0 radical (unpaired) electrons. The second-order valence-electron chi connectivity index (χ2n) is 7.17. The second kappa shape index (κ2) is 14.2. The molecule has 0 aliphatic heterocycles. The predicted molar refractivity (Wildman–Crippen MR) is 125 cm³/mol. The molecule has 2 aromatic carbocycles. The molecular formula is C23H28NO11P. The summed E-state index contributed by atoms with van der Waals surface area (Å²) in [7, 11) is 0.156. The van der Waals surface area contributed by atoms with Crippen molar-refractivity contribution in [2.75, 3.05) is 41.0 Å². The Morgan fingerprint density at radius 1 is 0.806 bits per heavy atom. The largest absolute Gasteiger partial charge is 0.497 e. The van der Waals surface area contributed by atoms with Crippen LogP contribution in [0.25, 0.3) is 0 Å². The molecule has 196 valence electrons. The lowest BCUT2D eigenvalue weighted by Crippen LogP contribution is -2.22. The summed E-state index contributed by atoms with van der Waals surface area (Å²) in [6, 6.07) is 12.2. The van der Waals surface area contributed by atoms with E-state index in [2.05, 4.69) is 0 Å². The minimum atomic E-state index is -3.97. The fraction of sp³-hybridized carbons (Fsp3) is 0.348. The van der Waals surface area contributed by atoms with Gasteiger partial charge in [0.2, 0.25) is 19.5 Å². The summed E-state index contributed by atoms with van der Waals surface area (Å²) >= 11 is 0. The number of nitrogens with zero attached hydrogens (tertiary/aromatic N) is 1. The Balaban J connectivity index is 1.93. The van der Waals surface area contributed by atoms with Gasteiger partial charge in [0, 0.05) is 13.5 Å². The van der Waals surface area contributed by atoms with Crippen molar-refractivity contribution in [1.82, 2.24) is 5.06 Å². The van der Waals surface area contributed by atoms with Crippen LogP contribution < -0.4 is 9.47 Å². The van der Waals surface area contributed by atoms with Crippen molar-refractivity contribution in [3.05, 3.63) is 59.7 Å². The van der Waals surface area contributed by atoms with E-state index in [0.717, 1.165) is 7.05 Å². The average molecular weight is 525 g/mol. The number of carbonyl (C=O) groups excluding carboxylic acids is 3. The number of hydrogen-bond acceptors (Lipinski definition) is 11. The van der Waals surface area contributed by atoms with E-state index >= 15 is 0 Å². The number of carbonyl (C=O) groups is 3. The molecule has 0 aliphatic rings. The van der Waals surface area contributed by atoms with Gasteiger partial charge >= 0.3 is 19.5 Å². The number of ether oxygens (including phenoxy) is 4. The molecule has 36 heavy (non-hydrogen) atoms. The van der Waals surface area contributed by atoms with Gasteiger partial charge in [0.1, 0.15) is 11.5 Å². The number of rotatable bonds is 14. The molecule has 12 nitrogen and oxygen atoms in total. The van der Waals surface area contributed by atoms with Gasteiger partial charge in [-0.2, -0.15) is 0 Å². The lowest BCUT2D eigenvalue weighted by atomic mass is 10.2. The van der Waals surface area contributed by atoms with Crippen LogP contribution in [-0.4, -0.2) is 69.1 Å². The van der Waals surface area contributed by atoms with Crippen LogP contribution >= 0.6 is 7.60 Å². The third-order valence-corrected chi connectivity index (χ3v) is 6.58. The summed E-state index contributed by atoms with van der Waals surface area (Å²) in [6.07, 6.45) is -0.409. The molecule has 2 rings (SSSR count). The fourth-order valence-corrected chi connectivity index (χ4v) is 4.00. The molecule has 0 fully saturated rings. The first-order valence-electron chi connectivity index (χ1n) is 10.6. The summed E-state index contributed by atoms with van der Waals surface area (Å²) in [6.45, 7) is -1.44. The van der Waals surface area contributed by atoms with Crippen LogP contribution in [0.3, 0.4) is 0 Å². The summed E-state index contributed by atoms with van der Waals surface area (Å²) in [5.41, 5.74) is 0.417. The van der Waals surface area contributed by atoms with Gasteiger partial charge in [-0.3, -0.25) is 23.6 Å². The fourth-order valence-electron chi connectivity index (χ4n) is 2.69. The highest BCUT2D eigenvalue weighted by Crippen LogP contribution is 2.49. The van der Waals surface area contributed by atoms with E-state index < -0.39 is 39.0 Å². The van der Waals surface area contributed by atoms with Gasteiger partial charge in [-0.15, -0.1) is 0 Å². The Hall–Kier alpha value is -3.44. The SMILES string of the molecule is COc1ccc(C(=O)OCOP(=O)(CCCC(=O)N(C)O)OCOC(=O)c2ccc(OC)cc2)cc1. The molecule has 2 aromatic rings. The van der Waals surface area contributed by atoms with Gasteiger partial charge in [-0.1, -0.05) is 0 Å². The van der Waals surface area contributed by atoms with Gasteiger partial charge in [-0.25, -0.2) is 14.7 Å². The van der Waals surface area contributed by atoms with Gasteiger partial charge in [0.15, 0.2) is 0 Å². The zero-order valence-electron chi connectivity index (χ0n) is 20.1. The standard InChI is InChI=1S/C23H28NO11P/c1-24(28)21(25)5-4-14-36(29,34-15-32-22(26)17-6-10-19(30-2)11-7-17)35-16-33-23(27)18-8-12-20(31-3)13-9-18/h6-13,28H,4-5,14-16H2,1-3H3. The van der Waals surface area contributed by atoms with Crippen molar-refractivity contribution < 1.29 is 52.2 Å². The minimum Gasteiger partial charge on any atom is -0.497 e. The topological polar surface area (TPSA) is 147 Å². The van der Waals surface area contributed by atoms with Crippen LogP contribution in [0.4, 0.5) is 0 Å². The lowest BCUT2D eigenvalue weighted by molar-refractivity contribution is -0.159. The molecule has 0 unspecified atom stereocenters. The van der Waals surface area contributed by atoms with Crippen molar-refractivity contribution in [2.45, 2.75) is 12.8 Å². The smallest absolute Gasteiger partial charge is 0.340 e. The van der Waals surface area contributed by atoms with E-state index in [1.807, 2.05) is 0 Å². The summed E-state index contributed by atoms with van der Waals surface area (Å²) in [5.74, 6) is -1.00. The van der Waals surface area contributed by atoms with Crippen LogP contribution in [0.15, 0.2) is 48.5 Å². The molecule has 1 N–H and O–H groups in total. The molecular weight excluding hydrogens is 497 g/mol. The minimum absolute atomic E-state index is 0.0138. The van der Waals surface area contributed by atoms with Gasteiger partial charge < -0.3 is 18.9 Å². The first kappa shape index (κ1) is 28.8. The highest BCUT2D eigenvalue weighted by Gasteiger charge is 2.27. The van der Waals surface area contributed by atoms with Gasteiger partial charge in [0.05, 0.1) is 31.5 Å². The van der Waals surface area contributed by atoms with Crippen molar-refractivity contribution in [2.24, 2.45) is 0 Å². The summed E-state index contributed by atoms with van der Waals surface area (Å²) < 4.78 is 43.5. The molecule has 13 heteroatoms.